The number of carbonyl (C=O) groups is 2. The zero-order chi connectivity index (χ0) is 35.7. The highest BCUT2D eigenvalue weighted by Crippen LogP contribution is 2.42. The highest BCUT2D eigenvalue weighted by Gasteiger charge is 2.35. The molecule has 1 aliphatic carbocycles. The number of carbonyl (C=O) groups excluding carboxylic acids is 2. The van der Waals surface area contributed by atoms with E-state index in [1.54, 1.807) is 19.2 Å². The van der Waals surface area contributed by atoms with Crippen LogP contribution in [0.2, 0.25) is 0 Å². The number of hydrogen-bond donors (Lipinski definition) is 1. The Labute approximate surface area is 297 Å². The van der Waals surface area contributed by atoms with Gasteiger partial charge in [-0.15, -0.1) is 0 Å². The molecule has 0 atom stereocenters. The van der Waals surface area contributed by atoms with E-state index in [0.717, 1.165) is 79.2 Å². The maximum absolute atomic E-state index is 12.9. The number of nitrogens with zero attached hydrogens (tertiary/aromatic N) is 2. The van der Waals surface area contributed by atoms with Gasteiger partial charge in [0.05, 0.1) is 12.8 Å². The Kier molecular flexibility index (Phi) is 12.2. The summed E-state index contributed by atoms with van der Waals surface area (Å²) in [7, 11) is 1.69. The van der Waals surface area contributed by atoms with Crippen LogP contribution in [-0.4, -0.2) is 40.7 Å². The number of aromatic nitrogens is 2. The molecule has 8 nitrogen and oxygen atoms in total. The van der Waals surface area contributed by atoms with Gasteiger partial charge in [-0.05, 0) is 93.8 Å². The average Bonchev–Trinajstić information content (AvgIpc) is 3.44. The lowest BCUT2D eigenvalue weighted by atomic mass is 9.70. The minimum absolute atomic E-state index is 0.0343. The fraction of sp³-hybridized carbons (Fsp3) is 0.452. The van der Waals surface area contributed by atoms with Crippen LogP contribution < -0.4 is 14.8 Å². The third-order valence-corrected chi connectivity index (χ3v) is 9.41. The van der Waals surface area contributed by atoms with Gasteiger partial charge in [-0.25, -0.2) is 9.78 Å². The fourth-order valence-electron chi connectivity index (χ4n) is 6.97. The van der Waals surface area contributed by atoms with Gasteiger partial charge in [0.15, 0.2) is 0 Å². The van der Waals surface area contributed by atoms with Gasteiger partial charge in [-0.3, -0.25) is 4.79 Å². The minimum Gasteiger partial charge on any atom is -0.497 e. The van der Waals surface area contributed by atoms with Gasteiger partial charge in [0.1, 0.15) is 28.5 Å². The summed E-state index contributed by atoms with van der Waals surface area (Å²) in [6.07, 6.45) is 8.94. The first kappa shape index (κ1) is 36.8. The van der Waals surface area contributed by atoms with Crippen LogP contribution in [0.1, 0.15) is 101 Å². The fourth-order valence-corrected chi connectivity index (χ4v) is 6.97. The summed E-state index contributed by atoms with van der Waals surface area (Å²) in [6, 6.07) is 24.2. The van der Waals surface area contributed by atoms with Crippen LogP contribution in [0.3, 0.4) is 0 Å². The molecule has 3 aromatic carbocycles. The third kappa shape index (κ3) is 9.42. The Morgan fingerprint density at radius 3 is 2.30 bits per heavy atom. The van der Waals surface area contributed by atoms with Crippen LogP contribution in [0.5, 0.6) is 11.5 Å². The molecule has 0 spiro atoms. The lowest BCUT2D eigenvalue weighted by molar-refractivity contribution is -0.131. The largest absolute Gasteiger partial charge is 0.497 e. The average molecular weight is 680 g/mol. The topological polar surface area (TPSA) is 91.7 Å². The maximum atomic E-state index is 12.9. The third-order valence-electron chi connectivity index (χ3n) is 9.41. The Morgan fingerprint density at radius 2 is 1.66 bits per heavy atom. The predicted octanol–water partition coefficient (Wildman–Crippen LogP) is 9.19. The molecule has 1 saturated carbocycles. The van der Waals surface area contributed by atoms with E-state index in [2.05, 4.69) is 59.3 Å². The molecule has 8 heteroatoms. The summed E-state index contributed by atoms with van der Waals surface area (Å²) in [5, 5.41) is 3.77. The van der Waals surface area contributed by atoms with Crippen molar-refractivity contribution in [3.63, 3.8) is 0 Å². The second-order valence-electron chi connectivity index (χ2n) is 14.6. The summed E-state index contributed by atoms with van der Waals surface area (Å²) < 4.78 is 19.0. The van der Waals surface area contributed by atoms with Crippen molar-refractivity contribution in [2.75, 3.05) is 13.7 Å². The van der Waals surface area contributed by atoms with Crippen LogP contribution in [0.25, 0.3) is 22.6 Å². The van der Waals surface area contributed by atoms with Gasteiger partial charge in [0.25, 0.3) is 0 Å². The van der Waals surface area contributed by atoms with Crippen LogP contribution in [0.4, 0.5) is 0 Å². The number of esters is 2. The number of imidazole rings is 1. The second kappa shape index (κ2) is 16.5. The van der Waals surface area contributed by atoms with Crippen molar-refractivity contribution < 1.29 is 23.8 Å². The second-order valence-corrected chi connectivity index (χ2v) is 14.6. The van der Waals surface area contributed by atoms with E-state index in [4.69, 9.17) is 19.2 Å². The number of hydrogen-bond acceptors (Lipinski definition) is 7. The number of methoxy groups -OCH3 is 1. The van der Waals surface area contributed by atoms with Crippen molar-refractivity contribution in [2.24, 2.45) is 5.41 Å². The van der Waals surface area contributed by atoms with Crippen molar-refractivity contribution in [2.45, 2.75) is 105 Å². The molecule has 266 valence electrons. The zero-order valence-electron chi connectivity index (χ0n) is 30.6. The van der Waals surface area contributed by atoms with E-state index < -0.39 is 17.5 Å². The smallest absolute Gasteiger partial charge is 0.342 e. The van der Waals surface area contributed by atoms with Crippen LogP contribution in [-0.2, 0) is 29.0 Å². The van der Waals surface area contributed by atoms with Gasteiger partial charge in [0, 0.05) is 43.4 Å². The molecule has 1 fully saturated rings. The van der Waals surface area contributed by atoms with Gasteiger partial charge < -0.3 is 24.1 Å². The molecule has 1 aliphatic rings. The summed E-state index contributed by atoms with van der Waals surface area (Å²) in [4.78, 5) is 30.3. The van der Waals surface area contributed by atoms with E-state index in [-0.39, 0.29) is 16.7 Å². The molecule has 1 N–H and O–H groups in total. The molecular weight excluding hydrogens is 626 g/mol. The summed E-state index contributed by atoms with van der Waals surface area (Å²) in [5.74, 6) is 1.06. The molecule has 0 saturated heterocycles. The first-order valence-corrected chi connectivity index (χ1v) is 18.1. The number of ether oxygens (including phenoxy) is 3. The highest BCUT2D eigenvalue weighted by molar-refractivity contribution is 5.93. The lowest BCUT2D eigenvalue weighted by Crippen LogP contribution is -2.38. The summed E-state index contributed by atoms with van der Waals surface area (Å²) in [6.45, 7) is 11.3. The van der Waals surface area contributed by atoms with Gasteiger partial charge >= 0.3 is 11.9 Å². The van der Waals surface area contributed by atoms with Crippen LogP contribution in [0.15, 0.2) is 72.8 Å². The summed E-state index contributed by atoms with van der Waals surface area (Å²) in [5.41, 5.74) is 5.07. The lowest BCUT2D eigenvalue weighted by Gasteiger charge is -2.38. The van der Waals surface area contributed by atoms with E-state index in [1.807, 2.05) is 39.0 Å². The molecule has 50 heavy (non-hydrogen) atoms. The Hall–Kier alpha value is -4.43. The zero-order valence-corrected chi connectivity index (χ0v) is 30.6. The van der Waals surface area contributed by atoms with Gasteiger partial charge in [0.2, 0.25) is 0 Å². The van der Waals surface area contributed by atoms with Gasteiger partial charge in [-0.2, -0.15) is 0 Å². The van der Waals surface area contributed by atoms with E-state index in [0.29, 0.717) is 6.54 Å². The number of nitrogens with one attached hydrogen (secondary N) is 1. The van der Waals surface area contributed by atoms with E-state index in [9.17, 15) is 9.59 Å². The predicted molar refractivity (Wildman–Crippen MR) is 198 cm³/mol. The Balaban J connectivity index is 1.46. The normalized spacial score (nSPS) is 14.3. The first-order valence-electron chi connectivity index (χ1n) is 18.1. The molecule has 1 heterocycles. The molecule has 0 aliphatic heterocycles. The Morgan fingerprint density at radius 1 is 0.940 bits per heavy atom. The van der Waals surface area contributed by atoms with E-state index in [1.165, 1.54) is 31.9 Å². The minimum atomic E-state index is -0.667. The maximum Gasteiger partial charge on any atom is 0.342 e. The molecule has 0 radical (unpaired) electrons. The molecule has 0 bridgehead atoms. The summed E-state index contributed by atoms with van der Waals surface area (Å²) >= 11 is 0. The number of rotatable bonds is 14. The highest BCUT2D eigenvalue weighted by atomic mass is 16.6. The number of benzene rings is 3. The van der Waals surface area contributed by atoms with Crippen molar-refractivity contribution in [1.29, 1.82) is 0 Å². The van der Waals surface area contributed by atoms with Crippen molar-refractivity contribution in [1.82, 2.24) is 14.9 Å². The van der Waals surface area contributed by atoms with E-state index >= 15 is 0 Å². The standard InChI is InChI=1S/C42H53N3O5/c1-7-8-25-45-36(38(32-18-20-34(48-6)21-19-32)44-39(45)33-15-11-9-12-16-33)27-42(23-13-10-14-24-42)29-43-28-31-17-22-35(37(26-31)49-30(2)46)40(47)50-41(3,4)5/h9,11-12,15-22,26,43H,7-8,10,13-14,23-25,27-29H2,1-6H3. The quantitative estimate of drug-likeness (QED) is 0.105. The molecule has 1 aromatic heterocycles. The monoisotopic (exact) mass is 679 g/mol. The van der Waals surface area contributed by atoms with Crippen LogP contribution >= 0.6 is 0 Å². The van der Waals surface area contributed by atoms with Crippen molar-refractivity contribution >= 4 is 11.9 Å². The molecule has 0 amide bonds. The SMILES string of the molecule is CCCCn1c(-c2ccccc2)nc(-c2ccc(OC)cc2)c1CC1(CNCc2ccc(C(=O)OC(C)(C)C)c(OC(C)=O)c2)CCCCC1. The molecule has 5 rings (SSSR count). The van der Waals surface area contributed by atoms with Crippen LogP contribution in [0, 0.1) is 5.41 Å². The van der Waals surface area contributed by atoms with Crippen molar-refractivity contribution in [3.05, 3.63) is 89.6 Å². The first-order chi connectivity index (χ1) is 24.0. The molecular formula is C42H53N3O5. The van der Waals surface area contributed by atoms with Gasteiger partial charge in [-0.1, -0.05) is 69.0 Å². The molecule has 4 aromatic rings. The Bertz CT molecular complexity index is 1730. The molecule has 0 unspecified atom stereocenters. The number of unbranched alkanes of at least 4 members (excludes halogenated alkanes) is 1. The van der Waals surface area contributed by atoms with Crippen molar-refractivity contribution in [3.8, 4) is 34.1 Å².